The molecule has 1 amide bonds. The maximum atomic E-state index is 12.2. The first kappa shape index (κ1) is 18.1. The molecule has 0 aliphatic rings. The number of aromatic nitrogens is 2. The van der Waals surface area contributed by atoms with Crippen molar-refractivity contribution in [2.45, 2.75) is 19.4 Å². The quantitative estimate of drug-likeness (QED) is 0.626. The van der Waals surface area contributed by atoms with Crippen molar-refractivity contribution in [3.63, 3.8) is 0 Å². The molecule has 3 rings (SSSR count). The van der Waals surface area contributed by atoms with E-state index in [9.17, 15) is 4.79 Å². The molecule has 0 bridgehead atoms. The van der Waals surface area contributed by atoms with E-state index in [1.807, 2.05) is 31.2 Å². The topological polar surface area (TPSA) is 77.2 Å². The van der Waals surface area contributed by atoms with E-state index in [2.05, 4.69) is 31.4 Å². The van der Waals surface area contributed by atoms with E-state index in [1.165, 1.54) is 6.39 Å². The van der Waals surface area contributed by atoms with Crippen LogP contribution in [0.5, 0.6) is 5.75 Å². The van der Waals surface area contributed by atoms with Gasteiger partial charge in [-0.25, -0.2) is 0 Å². The van der Waals surface area contributed by atoms with Crippen molar-refractivity contribution >= 4 is 21.8 Å². The van der Waals surface area contributed by atoms with Gasteiger partial charge >= 0.3 is 0 Å². The summed E-state index contributed by atoms with van der Waals surface area (Å²) in [6.45, 7) is 1.98. The number of hydrogen-bond donors (Lipinski definition) is 1. The van der Waals surface area contributed by atoms with Crippen LogP contribution in [-0.2, 0) is 4.79 Å². The Hall–Kier alpha value is -2.67. The second-order valence-electron chi connectivity index (χ2n) is 5.64. The van der Waals surface area contributed by atoms with E-state index in [0.29, 0.717) is 11.6 Å². The van der Waals surface area contributed by atoms with Crippen molar-refractivity contribution < 1.29 is 13.9 Å². The second-order valence-corrected chi connectivity index (χ2v) is 6.55. The van der Waals surface area contributed by atoms with Gasteiger partial charge in [0.05, 0.1) is 6.04 Å². The molecule has 0 saturated heterocycles. The fraction of sp³-hybridized carbons (Fsp3) is 0.211. The number of amides is 1. The van der Waals surface area contributed by atoms with E-state index in [-0.39, 0.29) is 18.6 Å². The van der Waals surface area contributed by atoms with Crippen molar-refractivity contribution in [3.8, 4) is 17.2 Å². The molecule has 7 heteroatoms. The van der Waals surface area contributed by atoms with E-state index in [4.69, 9.17) is 9.15 Å². The van der Waals surface area contributed by atoms with Crippen LogP contribution in [0.4, 0.5) is 0 Å². The van der Waals surface area contributed by atoms with Gasteiger partial charge in [0.15, 0.2) is 6.61 Å². The zero-order valence-electron chi connectivity index (χ0n) is 14.2. The zero-order valence-corrected chi connectivity index (χ0v) is 15.8. The summed E-state index contributed by atoms with van der Waals surface area (Å²) in [5.41, 5.74) is 1.86. The summed E-state index contributed by atoms with van der Waals surface area (Å²) >= 11 is 3.42. The molecule has 1 unspecified atom stereocenters. The number of halogens is 1. The fourth-order valence-electron chi connectivity index (χ4n) is 2.49. The molecule has 134 valence electrons. The summed E-state index contributed by atoms with van der Waals surface area (Å²) in [5, 5.41) is 10.5. The van der Waals surface area contributed by atoms with Crippen molar-refractivity contribution in [2.75, 3.05) is 6.61 Å². The van der Waals surface area contributed by atoms with Crippen molar-refractivity contribution in [1.29, 1.82) is 0 Å². The van der Waals surface area contributed by atoms with E-state index < -0.39 is 0 Å². The van der Waals surface area contributed by atoms with E-state index in [1.54, 1.807) is 24.3 Å². The van der Waals surface area contributed by atoms with Gasteiger partial charge < -0.3 is 14.5 Å². The van der Waals surface area contributed by atoms with E-state index in [0.717, 1.165) is 22.0 Å². The van der Waals surface area contributed by atoms with Crippen LogP contribution < -0.4 is 10.1 Å². The van der Waals surface area contributed by atoms with Crippen LogP contribution >= 0.6 is 15.9 Å². The first-order chi connectivity index (χ1) is 12.7. The first-order valence-electron chi connectivity index (χ1n) is 8.20. The van der Waals surface area contributed by atoms with Gasteiger partial charge in [-0.3, -0.25) is 4.79 Å². The molecule has 26 heavy (non-hydrogen) atoms. The van der Waals surface area contributed by atoms with Crippen molar-refractivity contribution in [2.24, 2.45) is 0 Å². The van der Waals surface area contributed by atoms with Gasteiger partial charge in [-0.2, -0.15) is 0 Å². The Balaban J connectivity index is 1.54. The van der Waals surface area contributed by atoms with Gasteiger partial charge in [0.2, 0.25) is 12.3 Å². The molecule has 2 aromatic carbocycles. The molecule has 6 nitrogen and oxygen atoms in total. The lowest BCUT2D eigenvalue weighted by molar-refractivity contribution is -0.123. The minimum absolute atomic E-state index is 0.0425. The predicted molar refractivity (Wildman–Crippen MR) is 101 cm³/mol. The Morgan fingerprint density at radius 1 is 1.19 bits per heavy atom. The Morgan fingerprint density at radius 3 is 2.54 bits per heavy atom. The number of hydrogen-bond acceptors (Lipinski definition) is 5. The summed E-state index contributed by atoms with van der Waals surface area (Å²) in [5.74, 6) is 0.871. The lowest BCUT2D eigenvalue weighted by Gasteiger charge is -2.18. The van der Waals surface area contributed by atoms with Crippen molar-refractivity contribution in [1.82, 2.24) is 15.5 Å². The van der Waals surface area contributed by atoms with Crippen molar-refractivity contribution in [3.05, 3.63) is 65.0 Å². The molecule has 0 aliphatic heterocycles. The van der Waals surface area contributed by atoms with Crippen LogP contribution in [0.3, 0.4) is 0 Å². The Kier molecular flexibility index (Phi) is 6.01. The molecule has 1 aromatic heterocycles. The normalized spacial score (nSPS) is 11.8. The number of nitrogens with zero attached hydrogens (tertiary/aromatic N) is 2. The minimum Gasteiger partial charge on any atom is -0.484 e. The maximum absolute atomic E-state index is 12.2. The molecule has 0 aliphatic carbocycles. The highest BCUT2D eigenvalue weighted by Crippen LogP contribution is 2.21. The number of rotatable bonds is 7. The highest BCUT2D eigenvalue weighted by molar-refractivity contribution is 9.10. The smallest absolute Gasteiger partial charge is 0.258 e. The average Bonchev–Trinajstić information content (AvgIpc) is 3.20. The third-order valence-corrected chi connectivity index (χ3v) is 4.38. The molecule has 0 spiro atoms. The molecule has 0 radical (unpaired) electrons. The minimum atomic E-state index is -0.166. The third-order valence-electron chi connectivity index (χ3n) is 3.85. The second kappa shape index (κ2) is 8.62. The summed E-state index contributed by atoms with van der Waals surface area (Å²) in [6.07, 6.45) is 2.08. The SMILES string of the molecule is CCC(NC(=O)COc1ccc(-c2nnco2)cc1)c1ccc(Br)cc1. The van der Waals surface area contributed by atoms with Gasteiger partial charge in [0.25, 0.3) is 5.91 Å². The maximum Gasteiger partial charge on any atom is 0.258 e. The summed E-state index contributed by atoms with van der Waals surface area (Å²) in [6, 6.07) is 15.0. The lowest BCUT2D eigenvalue weighted by atomic mass is 10.0. The third kappa shape index (κ3) is 4.70. The van der Waals surface area contributed by atoms with Crippen LogP contribution in [0.15, 0.2) is 63.8 Å². The number of carbonyl (C=O) groups excluding carboxylic acids is 1. The number of nitrogens with one attached hydrogen (secondary N) is 1. The number of carbonyl (C=O) groups is 1. The van der Waals surface area contributed by atoms with Crippen LogP contribution in [0.1, 0.15) is 24.9 Å². The molecule has 3 aromatic rings. The van der Waals surface area contributed by atoms with Crippen LogP contribution in [0.2, 0.25) is 0 Å². The van der Waals surface area contributed by atoms with Gasteiger partial charge in [-0.15, -0.1) is 10.2 Å². The summed E-state index contributed by atoms with van der Waals surface area (Å²) < 4.78 is 11.7. The van der Waals surface area contributed by atoms with Gasteiger partial charge in [0.1, 0.15) is 5.75 Å². The average molecular weight is 416 g/mol. The fourth-order valence-corrected chi connectivity index (χ4v) is 2.76. The molecule has 1 atom stereocenters. The standard InChI is InChI=1S/C19H18BrN3O3/c1-2-17(13-3-7-15(20)8-4-13)22-18(24)11-25-16-9-5-14(6-10-16)19-23-21-12-26-19/h3-10,12,17H,2,11H2,1H3,(H,22,24). The molecular weight excluding hydrogens is 398 g/mol. The summed E-state index contributed by atoms with van der Waals surface area (Å²) in [4.78, 5) is 12.2. The molecule has 0 saturated carbocycles. The highest BCUT2D eigenvalue weighted by atomic mass is 79.9. The highest BCUT2D eigenvalue weighted by Gasteiger charge is 2.13. The largest absolute Gasteiger partial charge is 0.484 e. The van der Waals surface area contributed by atoms with Gasteiger partial charge in [0, 0.05) is 10.0 Å². The molecule has 0 fully saturated rings. The first-order valence-corrected chi connectivity index (χ1v) is 8.99. The number of ether oxygens (including phenoxy) is 1. The van der Waals surface area contributed by atoms with Crippen LogP contribution in [-0.4, -0.2) is 22.7 Å². The van der Waals surface area contributed by atoms with E-state index >= 15 is 0 Å². The van der Waals surface area contributed by atoms with Crippen LogP contribution in [0, 0.1) is 0 Å². The molecule has 1 heterocycles. The number of benzene rings is 2. The Morgan fingerprint density at radius 2 is 1.92 bits per heavy atom. The zero-order chi connectivity index (χ0) is 18.4. The van der Waals surface area contributed by atoms with Crippen LogP contribution in [0.25, 0.3) is 11.5 Å². The molecule has 1 N–H and O–H groups in total. The van der Waals surface area contributed by atoms with Gasteiger partial charge in [-0.05, 0) is 48.4 Å². The predicted octanol–water partition coefficient (Wildman–Crippen LogP) is 4.15. The van der Waals surface area contributed by atoms with Gasteiger partial charge in [-0.1, -0.05) is 35.0 Å². The monoisotopic (exact) mass is 415 g/mol. The Bertz CT molecular complexity index is 833. The summed E-state index contributed by atoms with van der Waals surface area (Å²) in [7, 11) is 0. The molecular formula is C19H18BrN3O3. The Labute approximate surface area is 159 Å². The lowest BCUT2D eigenvalue weighted by Crippen LogP contribution is -2.32.